The Balaban J connectivity index is 1.39. The summed E-state index contributed by atoms with van der Waals surface area (Å²) in [6, 6.07) is 18.6. The molecule has 0 bridgehead atoms. The minimum Gasteiger partial charge on any atom is -0.488 e. The van der Waals surface area contributed by atoms with Crippen molar-refractivity contribution in [3.05, 3.63) is 94.6 Å². The second-order valence-corrected chi connectivity index (χ2v) is 9.68. The Bertz CT molecular complexity index is 1270. The van der Waals surface area contributed by atoms with Crippen molar-refractivity contribution in [3.8, 4) is 22.2 Å². The van der Waals surface area contributed by atoms with Crippen molar-refractivity contribution in [1.82, 2.24) is 9.97 Å². The molecule has 0 aliphatic heterocycles. The summed E-state index contributed by atoms with van der Waals surface area (Å²) in [5.74, 6) is 0.950. The third-order valence-electron chi connectivity index (χ3n) is 5.73. The second kappa shape index (κ2) is 10.7. The molecule has 0 aliphatic carbocycles. The first-order valence-corrected chi connectivity index (χ1v) is 12.3. The Morgan fingerprint density at radius 2 is 1.69 bits per heavy atom. The molecule has 2 aromatic heterocycles. The van der Waals surface area contributed by atoms with Gasteiger partial charge in [0.1, 0.15) is 18.1 Å². The van der Waals surface area contributed by atoms with E-state index < -0.39 is 11.6 Å². The highest BCUT2D eigenvalue weighted by Gasteiger charge is 2.36. The van der Waals surface area contributed by atoms with Gasteiger partial charge in [0, 0.05) is 23.7 Å². The number of carboxylic acids is 1. The second-order valence-electron chi connectivity index (χ2n) is 8.55. The van der Waals surface area contributed by atoms with Gasteiger partial charge < -0.3 is 14.6 Å². The van der Waals surface area contributed by atoms with E-state index in [2.05, 4.69) is 29.9 Å². The van der Waals surface area contributed by atoms with Gasteiger partial charge in [-0.05, 0) is 67.3 Å². The quantitative estimate of drug-likeness (QED) is 0.290. The SMILES string of the molecule is CCc1cnc(-c2cc(C)c(COc3ccc(CC(C)(Oc4ccccc4)C(=O)O)cc3)s2)nc1. The normalized spacial score (nSPS) is 12.7. The molecule has 1 unspecified atom stereocenters. The minimum absolute atomic E-state index is 0.224. The predicted molar refractivity (Wildman–Crippen MR) is 137 cm³/mol. The number of aryl methyl sites for hydroxylation is 2. The highest BCUT2D eigenvalue weighted by molar-refractivity contribution is 7.15. The fraction of sp³-hybridized carbons (Fsp3) is 0.250. The molecule has 35 heavy (non-hydrogen) atoms. The lowest BCUT2D eigenvalue weighted by molar-refractivity contribution is -0.153. The average molecular weight is 489 g/mol. The highest BCUT2D eigenvalue weighted by Crippen LogP contribution is 2.30. The zero-order chi connectivity index (χ0) is 24.8. The first-order chi connectivity index (χ1) is 16.9. The molecular formula is C28H28N2O4S. The maximum Gasteiger partial charge on any atom is 0.348 e. The molecule has 0 radical (unpaired) electrons. The maximum atomic E-state index is 12.0. The number of carboxylic acid groups (broad SMARTS) is 1. The van der Waals surface area contributed by atoms with Crippen LogP contribution >= 0.6 is 11.3 Å². The van der Waals surface area contributed by atoms with Crippen LogP contribution in [-0.2, 0) is 24.2 Å². The number of aliphatic carboxylic acids is 1. The standard InChI is InChI=1S/C28H28N2O4S/c1-4-20-16-29-26(30-17-20)24-14-19(2)25(35-24)18-33-22-12-10-21(11-13-22)15-28(3,27(31)32)34-23-8-6-5-7-9-23/h5-14,16-17H,4,15,18H2,1-3H3,(H,31,32). The van der Waals surface area contributed by atoms with E-state index in [4.69, 9.17) is 9.47 Å². The van der Waals surface area contributed by atoms with Crippen LogP contribution in [0, 0.1) is 6.92 Å². The molecule has 2 aromatic carbocycles. The molecule has 0 saturated carbocycles. The van der Waals surface area contributed by atoms with E-state index in [-0.39, 0.29) is 6.42 Å². The monoisotopic (exact) mass is 488 g/mol. The van der Waals surface area contributed by atoms with Crippen LogP contribution in [0.2, 0.25) is 0 Å². The Labute approximate surface area is 209 Å². The molecule has 4 rings (SSSR count). The van der Waals surface area contributed by atoms with Crippen molar-refractivity contribution < 1.29 is 19.4 Å². The topological polar surface area (TPSA) is 81.5 Å². The zero-order valence-electron chi connectivity index (χ0n) is 20.0. The first-order valence-electron chi connectivity index (χ1n) is 11.5. The summed E-state index contributed by atoms with van der Waals surface area (Å²) in [6.07, 6.45) is 4.88. The average Bonchev–Trinajstić information content (AvgIpc) is 3.24. The number of benzene rings is 2. The van der Waals surface area contributed by atoms with Crippen LogP contribution in [-0.4, -0.2) is 26.6 Å². The van der Waals surface area contributed by atoms with Gasteiger partial charge in [0.2, 0.25) is 5.60 Å². The predicted octanol–water partition coefficient (Wildman–Crippen LogP) is 6.12. The molecule has 0 aliphatic rings. The van der Waals surface area contributed by atoms with Crippen LogP contribution < -0.4 is 9.47 Å². The van der Waals surface area contributed by atoms with Gasteiger partial charge in [-0.1, -0.05) is 37.3 Å². The lowest BCUT2D eigenvalue weighted by Gasteiger charge is -2.26. The van der Waals surface area contributed by atoms with Crippen LogP contribution in [0.5, 0.6) is 11.5 Å². The molecule has 6 nitrogen and oxygen atoms in total. The largest absolute Gasteiger partial charge is 0.488 e. The Morgan fingerprint density at radius 1 is 1.00 bits per heavy atom. The summed E-state index contributed by atoms with van der Waals surface area (Å²) in [4.78, 5) is 23.1. The van der Waals surface area contributed by atoms with E-state index in [1.165, 1.54) is 0 Å². The fourth-order valence-corrected chi connectivity index (χ4v) is 4.62. The molecule has 0 saturated heterocycles. The summed E-state index contributed by atoms with van der Waals surface area (Å²) in [7, 11) is 0. The van der Waals surface area contributed by atoms with E-state index in [1.807, 2.05) is 54.9 Å². The molecule has 7 heteroatoms. The maximum absolute atomic E-state index is 12.0. The van der Waals surface area contributed by atoms with Gasteiger partial charge in [-0.3, -0.25) is 0 Å². The number of hydrogen-bond acceptors (Lipinski definition) is 6. The van der Waals surface area contributed by atoms with Crippen LogP contribution in [0.25, 0.3) is 10.7 Å². The summed E-state index contributed by atoms with van der Waals surface area (Å²) >= 11 is 1.63. The summed E-state index contributed by atoms with van der Waals surface area (Å²) < 4.78 is 11.8. The van der Waals surface area contributed by atoms with E-state index in [1.54, 1.807) is 30.4 Å². The number of carbonyl (C=O) groups is 1. The molecule has 0 amide bonds. The third kappa shape index (κ3) is 6.05. The van der Waals surface area contributed by atoms with Crippen molar-refractivity contribution >= 4 is 17.3 Å². The molecule has 2 heterocycles. The molecule has 1 N–H and O–H groups in total. The number of para-hydroxylation sites is 1. The molecule has 0 spiro atoms. The molecule has 4 aromatic rings. The van der Waals surface area contributed by atoms with Gasteiger partial charge in [-0.25, -0.2) is 14.8 Å². The van der Waals surface area contributed by atoms with Gasteiger partial charge in [-0.2, -0.15) is 0 Å². The lowest BCUT2D eigenvalue weighted by atomic mass is 9.96. The van der Waals surface area contributed by atoms with Gasteiger partial charge in [0.05, 0.1) is 4.88 Å². The van der Waals surface area contributed by atoms with Gasteiger partial charge >= 0.3 is 5.97 Å². The van der Waals surface area contributed by atoms with Crippen molar-refractivity contribution in [1.29, 1.82) is 0 Å². The van der Waals surface area contributed by atoms with Crippen LogP contribution in [0.3, 0.4) is 0 Å². The zero-order valence-corrected chi connectivity index (χ0v) is 20.8. The first kappa shape index (κ1) is 24.4. The minimum atomic E-state index is -1.38. The van der Waals surface area contributed by atoms with Crippen molar-refractivity contribution in [2.24, 2.45) is 0 Å². The van der Waals surface area contributed by atoms with Crippen LogP contribution in [0.4, 0.5) is 0 Å². The number of rotatable bonds is 10. The number of nitrogens with zero attached hydrogens (tertiary/aromatic N) is 2. The number of ether oxygens (including phenoxy) is 2. The smallest absolute Gasteiger partial charge is 0.348 e. The summed E-state index contributed by atoms with van der Waals surface area (Å²) in [5.41, 5.74) is 1.72. The van der Waals surface area contributed by atoms with Gasteiger partial charge in [0.15, 0.2) is 5.82 Å². The van der Waals surface area contributed by atoms with E-state index in [0.717, 1.165) is 38.7 Å². The molecular weight excluding hydrogens is 460 g/mol. The number of thiophene rings is 1. The van der Waals surface area contributed by atoms with Crippen molar-refractivity contribution in [2.75, 3.05) is 0 Å². The van der Waals surface area contributed by atoms with E-state index in [0.29, 0.717) is 18.1 Å². The number of hydrogen-bond donors (Lipinski definition) is 1. The van der Waals surface area contributed by atoms with E-state index >= 15 is 0 Å². The van der Waals surface area contributed by atoms with Crippen LogP contribution in [0.1, 0.15) is 35.4 Å². The lowest BCUT2D eigenvalue weighted by Crippen LogP contribution is -2.43. The highest BCUT2D eigenvalue weighted by atomic mass is 32.1. The van der Waals surface area contributed by atoms with Crippen molar-refractivity contribution in [3.63, 3.8) is 0 Å². The number of aromatic nitrogens is 2. The third-order valence-corrected chi connectivity index (χ3v) is 6.93. The molecule has 0 fully saturated rings. The Hall–Kier alpha value is -3.71. The van der Waals surface area contributed by atoms with Gasteiger partial charge in [0.25, 0.3) is 0 Å². The molecule has 1 atom stereocenters. The molecule has 180 valence electrons. The van der Waals surface area contributed by atoms with Crippen molar-refractivity contribution in [2.45, 2.75) is 45.8 Å². The fourth-order valence-electron chi connectivity index (χ4n) is 3.58. The van der Waals surface area contributed by atoms with E-state index in [9.17, 15) is 9.90 Å². The summed E-state index contributed by atoms with van der Waals surface area (Å²) in [6.45, 7) is 6.16. The van der Waals surface area contributed by atoms with Crippen LogP contribution in [0.15, 0.2) is 73.1 Å². The summed E-state index contributed by atoms with van der Waals surface area (Å²) in [5, 5.41) is 9.80. The van der Waals surface area contributed by atoms with Gasteiger partial charge in [-0.15, -0.1) is 11.3 Å². The Morgan fingerprint density at radius 3 is 2.31 bits per heavy atom. The Kier molecular flexibility index (Phi) is 7.46.